The number of alkyl halides is 3. The molecule has 0 radical (unpaired) electrons. The van der Waals surface area contributed by atoms with Gasteiger partial charge in [-0.25, -0.2) is 0 Å². The molecule has 0 atom stereocenters. The van der Waals surface area contributed by atoms with Gasteiger partial charge in [0.25, 0.3) is 0 Å². The maximum absolute atomic E-state index is 12.5. The van der Waals surface area contributed by atoms with Gasteiger partial charge in [0.2, 0.25) is 0 Å². The lowest BCUT2D eigenvalue weighted by Gasteiger charge is -2.37. The smallest absolute Gasteiger partial charge is 0.493 e. The van der Waals surface area contributed by atoms with Gasteiger partial charge in [0.15, 0.2) is 11.5 Å². The average Bonchev–Trinajstić information content (AvgIpc) is 2.90. The molecular weight excluding hydrogens is 481 g/mol. The molecule has 5 nitrogen and oxygen atoms in total. The van der Waals surface area contributed by atoms with Gasteiger partial charge in [0, 0.05) is 14.1 Å². The number of ether oxygens (including phenoxy) is 3. The summed E-state index contributed by atoms with van der Waals surface area (Å²) in [7, 11) is 7.26. The first kappa shape index (κ1) is 24.4. The van der Waals surface area contributed by atoms with Crippen molar-refractivity contribution in [3.05, 3.63) is 78.9 Å². The van der Waals surface area contributed by atoms with Gasteiger partial charge in [0.1, 0.15) is 5.75 Å². The zero-order chi connectivity index (χ0) is 26.3. The van der Waals surface area contributed by atoms with Gasteiger partial charge in [-0.05, 0) is 70.8 Å². The molecule has 0 amide bonds. The molecule has 0 aliphatic carbocycles. The highest BCUT2D eigenvalue weighted by molar-refractivity contribution is 5.96. The Morgan fingerprint density at radius 3 is 1.51 bits per heavy atom. The Morgan fingerprint density at radius 1 is 0.541 bits per heavy atom. The van der Waals surface area contributed by atoms with Crippen molar-refractivity contribution in [2.75, 3.05) is 38.1 Å². The van der Waals surface area contributed by atoms with Crippen molar-refractivity contribution in [3.8, 4) is 39.5 Å². The Labute approximate surface area is 213 Å². The number of hydrogen-bond donors (Lipinski definition) is 0. The molecule has 190 valence electrons. The van der Waals surface area contributed by atoms with Crippen LogP contribution in [0.25, 0.3) is 22.3 Å². The second-order valence-electron chi connectivity index (χ2n) is 8.67. The second kappa shape index (κ2) is 9.28. The predicted molar refractivity (Wildman–Crippen MR) is 140 cm³/mol. The molecule has 0 spiro atoms. The van der Waals surface area contributed by atoms with Gasteiger partial charge in [-0.2, -0.15) is 0 Å². The van der Waals surface area contributed by atoms with Gasteiger partial charge in [0.05, 0.1) is 37.0 Å². The second-order valence-corrected chi connectivity index (χ2v) is 8.67. The van der Waals surface area contributed by atoms with Crippen LogP contribution in [-0.4, -0.2) is 34.7 Å². The van der Waals surface area contributed by atoms with Crippen LogP contribution in [-0.2, 0) is 0 Å². The summed E-state index contributed by atoms with van der Waals surface area (Å²) in [6.07, 6.45) is -4.71. The molecule has 4 aromatic carbocycles. The maximum atomic E-state index is 12.5. The first-order valence-electron chi connectivity index (χ1n) is 11.5. The minimum Gasteiger partial charge on any atom is -0.493 e. The zero-order valence-electron chi connectivity index (χ0n) is 20.8. The quantitative estimate of drug-likeness (QED) is 0.276. The number of benzene rings is 4. The number of rotatable bonds is 5. The molecule has 0 saturated heterocycles. The Bertz CT molecular complexity index is 1450. The number of fused-ring (bicyclic) bond motifs is 2. The van der Waals surface area contributed by atoms with Gasteiger partial charge < -0.3 is 24.0 Å². The summed E-state index contributed by atoms with van der Waals surface area (Å²) < 4.78 is 52.3. The van der Waals surface area contributed by atoms with E-state index in [2.05, 4.69) is 32.7 Å². The molecule has 1 heterocycles. The molecular formula is C29H25F3N2O3. The number of methoxy groups -OCH3 is 2. The van der Waals surface area contributed by atoms with E-state index in [1.807, 2.05) is 50.5 Å². The molecule has 0 bridgehead atoms. The summed E-state index contributed by atoms with van der Waals surface area (Å²) in [5.74, 6) is 1.10. The summed E-state index contributed by atoms with van der Waals surface area (Å²) in [5, 5.41) is 0. The Kier molecular flexibility index (Phi) is 6.11. The highest BCUT2D eigenvalue weighted by Gasteiger charge is 2.31. The number of hydrogen-bond acceptors (Lipinski definition) is 5. The Morgan fingerprint density at radius 2 is 1.00 bits per heavy atom. The summed E-state index contributed by atoms with van der Waals surface area (Å²) >= 11 is 0. The molecule has 0 aromatic heterocycles. The fourth-order valence-corrected chi connectivity index (χ4v) is 4.63. The van der Waals surface area contributed by atoms with E-state index < -0.39 is 6.36 Å². The molecule has 0 fully saturated rings. The van der Waals surface area contributed by atoms with Crippen molar-refractivity contribution in [1.29, 1.82) is 0 Å². The summed E-state index contributed by atoms with van der Waals surface area (Å²) in [6, 6.07) is 24.1. The van der Waals surface area contributed by atoms with E-state index in [0.29, 0.717) is 11.5 Å². The van der Waals surface area contributed by atoms with E-state index in [1.165, 1.54) is 12.1 Å². The van der Waals surface area contributed by atoms with E-state index in [0.717, 1.165) is 45.0 Å². The molecule has 8 heteroatoms. The van der Waals surface area contributed by atoms with Crippen LogP contribution >= 0.6 is 0 Å². The average molecular weight is 507 g/mol. The van der Waals surface area contributed by atoms with Crippen molar-refractivity contribution in [3.63, 3.8) is 0 Å². The van der Waals surface area contributed by atoms with Crippen molar-refractivity contribution in [1.82, 2.24) is 0 Å². The SMILES string of the molecule is COc1ccc(-c2ccc3c(c2)N(C)c2ccc(-c4ccc(OC(F)(F)F)cc4)cc2N3C)cc1OC. The maximum Gasteiger partial charge on any atom is 0.573 e. The van der Waals surface area contributed by atoms with E-state index in [1.54, 1.807) is 26.4 Å². The molecule has 5 rings (SSSR count). The summed E-state index contributed by atoms with van der Waals surface area (Å²) in [6.45, 7) is 0. The lowest BCUT2D eigenvalue weighted by molar-refractivity contribution is -0.274. The van der Waals surface area contributed by atoms with Crippen LogP contribution in [0.5, 0.6) is 17.2 Å². The van der Waals surface area contributed by atoms with Crippen molar-refractivity contribution >= 4 is 22.7 Å². The monoisotopic (exact) mass is 506 g/mol. The largest absolute Gasteiger partial charge is 0.573 e. The first-order chi connectivity index (χ1) is 17.7. The lowest BCUT2D eigenvalue weighted by atomic mass is 9.99. The zero-order valence-corrected chi connectivity index (χ0v) is 20.8. The van der Waals surface area contributed by atoms with Crippen molar-refractivity contribution in [2.24, 2.45) is 0 Å². The van der Waals surface area contributed by atoms with Crippen LogP contribution in [0.3, 0.4) is 0 Å². The van der Waals surface area contributed by atoms with Gasteiger partial charge in [-0.15, -0.1) is 13.2 Å². The highest BCUT2D eigenvalue weighted by atomic mass is 19.4. The fraction of sp³-hybridized carbons (Fsp3) is 0.172. The molecule has 1 aliphatic rings. The van der Waals surface area contributed by atoms with E-state index in [4.69, 9.17) is 9.47 Å². The van der Waals surface area contributed by atoms with Crippen LogP contribution in [0.15, 0.2) is 78.9 Å². The van der Waals surface area contributed by atoms with Crippen LogP contribution in [0.4, 0.5) is 35.9 Å². The minimum absolute atomic E-state index is 0.245. The third-order valence-corrected chi connectivity index (χ3v) is 6.53. The standard InChI is InChI=1S/C29H25F3N2O3/c1-33-24-13-8-20(21-9-14-27(35-3)28(17-21)36-4)16-26(24)34(2)23-12-7-19(15-25(23)33)18-5-10-22(11-6-18)37-29(30,31)32/h5-17H,1-4H3. The number of anilines is 4. The number of nitrogens with zero attached hydrogens (tertiary/aromatic N) is 2. The van der Waals surface area contributed by atoms with Crippen LogP contribution in [0.1, 0.15) is 0 Å². The molecule has 0 saturated carbocycles. The van der Waals surface area contributed by atoms with Crippen molar-refractivity contribution < 1.29 is 27.4 Å². The Hall–Kier alpha value is -4.33. The van der Waals surface area contributed by atoms with Gasteiger partial charge in [-0.1, -0.05) is 30.3 Å². The van der Waals surface area contributed by atoms with E-state index in [9.17, 15) is 13.2 Å². The fourth-order valence-electron chi connectivity index (χ4n) is 4.63. The molecule has 37 heavy (non-hydrogen) atoms. The summed E-state index contributed by atoms with van der Waals surface area (Å²) in [4.78, 5) is 4.26. The first-order valence-corrected chi connectivity index (χ1v) is 11.5. The number of halogens is 3. The topological polar surface area (TPSA) is 34.2 Å². The molecule has 0 N–H and O–H groups in total. The van der Waals surface area contributed by atoms with E-state index >= 15 is 0 Å². The Balaban J connectivity index is 1.47. The van der Waals surface area contributed by atoms with E-state index in [-0.39, 0.29) is 5.75 Å². The van der Waals surface area contributed by atoms with Gasteiger partial charge >= 0.3 is 6.36 Å². The third-order valence-electron chi connectivity index (χ3n) is 6.53. The highest BCUT2D eigenvalue weighted by Crippen LogP contribution is 2.49. The minimum atomic E-state index is -4.71. The molecule has 1 aliphatic heterocycles. The lowest BCUT2D eigenvalue weighted by Crippen LogP contribution is -2.24. The normalized spacial score (nSPS) is 12.6. The third kappa shape index (κ3) is 4.62. The molecule has 4 aromatic rings. The van der Waals surface area contributed by atoms with Gasteiger partial charge in [-0.3, -0.25) is 0 Å². The van der Waals surface area contributed by atoms with Crippen molar-refractivity contribution in [2.45, 2.75) is 6.36 Å². The van der Waals surface area contributed by atoms with Crippen LogP contribution in [0, 0.1) is 0 Å². The van der Waals surface area contributed by atoms with Crippen LogP contribution < -0.4 is 24.0 Å². The molecule has 0 unspecified atom stereocenters. The van der Waals surface area contributed by atoms with Crippen LogP contribution in [0.2, 0.25) is 0 Å². The predicted octanol–water partition coefficient (Wildman–Crippen LogP) is 7.79. The summed E-state index contributed by atoms with van der Waals surface area (Å²) in [5.41, 5.74) is 7.82.